The molecule has 10 nitrogen and oxygen atoms in total. The Labute approximate surface area is 163 Å². The van der Waals surface area contributed by atoms with Gasteiger partial charge in [0.1, 0.15) is 0 Å². The molecule has 0 saturated carbocycles. The van der Waals surface area contributed by atoms with E-state index < -0.39 is 17.3 Å². The number of fused-ring (bicyclic) bond motifs is 3. The van der Waals surface area contributed by atoms with Gasteiger partial charge in [0, 0.05) is 25.2 Å². The summed E-state index contributed by atoms with van der Waals surface area (Å²) in [6.07, 6.45) is 0.814. The van der Waals surface area contributed by atoms with E-state index in [0.717, 1.165) is 0 Å². The van der Waals surface area contributed by atoms with Crippen molar-refractivity contribution in [2.75, 3.05) is 13.1 Å². The number of nitrogens with one attached hydrogen (secondary N) is 1. The summed E-state index contributed by atoms with van der Waals surface area (Å²) in [7, 11) is 0. The standard InChI is InChI=1S/C17H18N6O4S/c1-3-20-13-14(21(4-2)17(20)25)22-15(24)12(28-16(22)19-18-13)9-10-5-7-11(8-6-10)23(26)27/h5-9,13-14,18H,3-4H2,1-2H3/b12-9-. The number of rotatable bonds is 4. The van der Waals surface area contributed by atoms with E-state index in [9.17, 15) is 19.7 Å². The lowest BCUT2D eigenvalue weighted by atomic mass is 10.2. The molecule has 0 aliphatic carbocycles. The van der Waals surface area contributed by atoms with Crippen molar-refractivity contribution in [2.24, 2.45) is 5.10 Å². The Balaban J connectivity index is 1.80. The van der Waals surface area contributed by atoms with Crippen LogP contribution in [0.15, 0.2) is 34.2 Å². The first-order chi connectivity index (χ1) is 13.5. The molecule has 0 radical (unpaired) electrons. The van der Waals surface area contributed by atoms with Gasteiger partial charge in [-0.25, -0.2) is 4.79 Å². The molecule has 4 rings (SSSR count). The van der Waals surface area contributed by atoms with E-state index in [0.29, 0.717) is 28.0 Å². The molecule has 2 aliphatic rings. The summed E-state index contributed by atoms with van der Waals surface area (Å²) in [6.45, 7) is 4.74. The van der Waals surface area contributed by atoms with Crippen LogP contribution in [0.1, 0.15) is 25.6 Å². The number of amides is 2. The number of benzene rings is 1. The van der Waals surface area contributed by atoms with Gasteiger partial charge >= 0.3 is 6.03 Å². The lowest BCUT2D eigenvalue weighted by Crippen LogP contribution is -2.53. The molecule has 28 heavy (non-hydrogen) atoms. The Morgan fingerprint density at radius 2 is 1.89 bits per heavy atom. The SMILES string of the molecule is CCN1C(=O)N(CC)C2C1NN=c1s/c(=C\c3ccc([N+](=O)[O-])cc3)c(=O)n12. The molecule has 2 aromatic rings. The number of nitro benzene ring substituents is 1. The van der Waals surface area contributed by atoms with Crippen LogP contribution in [0.25, 0.3) is 6.08 Å². The van der Waals surface area contributed by atoms with Gasteiger partial charge in [0.2, 0.25) is 4.80 Å². The fourth-order valence-corrected chi connectivity index (χ4v) is 4.53. The Hall–Kier alpha value is -3.21. The van der Waals surface area contributed by atoms with E-state index in [2.05, 4.69) is 10.5 Å². The molecule has 1 aromatic carbocycles. The van der Waals surface area contributed by atoms with Gasteiger partial charge in [-0.05, 0) is 37.6 Å². The number of nitro groups is 1. The van der Waals surface area contributed by atoms with Crippen LogP contribution in [-0.2, 0) is 0 Å². The number of hydrogen-bond acceptors (Lipinski definition) is 7. The van der Waals surface area contributed by atoms with Gasteiger partial charge in [-0.15, -0.1) is 5.10 Å². The third-order valence-electron chi connectivity index (χ3n) is 4.91. The van der Waals surface area contributed by atoms with E-state index in [1.165, 1.54) is 23.5 Å². The average molecular weight is 402 g/mol. The predicted octanol–water partition coefficient (Wildman–Crippen LogP) is 0.387. The first-order valence-electron chi connectivity index (χ1n) is 8.84. The molecule has 1 N–H and O–H groups in total. The summed E-state index contributed by atoms with van der Waals surface area (Å²) in [5.41, 5.74) is 3.44. The van der Waals surface area contributed by atoms with Gasteiger partial charge in [-0.1, -0.05) is 11.3 Å². The molecule has 11 heteroatoms. The fraction of sp³-hybridized carbons (Fsp3) is 0.353. The van der Waals surface area contributed by atoms with E-state index in [4.69, 9.17) is 0 Å². The van der Waals surface area contributed by atoms with Gasteiger partial charge in [0.05, 0.1) is 9.46 Å². The molecule has 3 heterocycles. The summed E-state index contributed by atoms with van der Waals surface area (Å²) in [5, 5.41) is 15.1. The third-order valence-corrected chi connectivity index (χ3v) is 5.89. The molecule has 2 amide bonds. The van der Waals surface area contributed by atoms with Gasteiger partial charge in [-0.2, -0.15) is 0 Å². The number of carbonyl (C=O) groups excluding carboxylic acids is 1. The molecule has 2 aliphatic heterocycles. The van der Waals surface area contributed by atoms with E-state index in [1.807, 2.05) is 13.8 Å². The zero-order valence-electron chi connectivity index (χ0n) is 15.2. The number of urea groups is 1. The minimum absolute atomic E-state index is 0.0101. The smallest absolute Gasteiger partial charge is 0.300 e. The molecule has 0 spiro atoms. The Morgan fingerprint density at radius 3 is 2.50 bits per heavy atom. The molecule has 1 saturated heterocycles. The first kappa shape index (κ1) is 18.2. The molecule has 0 bridgehead atoms. The van der Waals surface area contributed by atoms with Crippen LogP contribution < -0.4 is 20.3 Å². The normalized spacial score (nSPS) is 21.2. The van der Waals surface area contributed by atoms with Crippen LogP contribution >= 0.6 is 11.3 Å². The van der Waals surface area contributed by atoms with Gasteiger partial charge < -0.3 is 0 Å². The Kier molecular flexibility index (Phi) is 4.38. The summed E-state index contributed by atoms with van der Waals surface area (Å²) in [4.78, 5) is 39.8. The fourth-order valence-electron chi connectivity index (χ4n) is 3.56. The van der Waals surface area contributed by atoms with Crippen molar-refractivity contribution in [1.29, 1.82) is 0 Å². The minimum atomic E-state index is -0.469. The number of likely N-dealkylation sites (N-methyl/N-ethyl adjacent to an activating group) is 2. The van der Waals surface area contributed by atoms with Gasteiger partial charge in [0.15, 0.2) is 12.3 Å². The maximum absolute atomic E-state index is 13.1. The van der Waals surface area contributed by atoms with Crippen LogP contribution in [0.5, 0.6) is 0 Å². The van der Waals surface area contributed by atoms with E-state index in [-0.39, 0.29) is 17.3 Å². The van der Waals surface area contributed by atoms with Crippen LogP contribution in [0.4, 0.5) is 10.5 Å². The van der Waals surface area contributed by atoms with Crippen LogP contribution in [-0.4, -0.2) is 44.6 Å². The summed E-state index contributed by atoms with van der Waals surface area (Å²) >= 11 is 1.21. The molecule has 2 unspecified atom stereocenters. The highest BCUT2D eigenvalue weighted by Crippen LogP contribution is 2.28. The number of hydrogen-bond donors (Lipinski definition) is 1. The van der Waals surface area contributed by atoms with Crippen LogP contribution in [0.2, 0.25) is 0 Å². The molecule has 146 valence electrons. The van der Waals surface area contributed by atoms with Crippen molar-refractivity contribution in [3.05, 3.63) is 59.6 Å². The van der Waals surface area contributed by atoms with Crippen molar-refractivity contribution in [2.45, 2.75) is 26.2 Å². The van der Waals surface area contributed by atoms with E-state index >= 15 is 0 Å². The highest BCUT2D eigenvalue weighted by molar-refractivity contribution is 7.07. The summed E-state index contributed by atoms with van der Waals surface area (Å²) in [5.74, 6) is 0. The predicted molar refractivity (Wildman–Crippen MR) is 102 cm³/mol. The molecule has 2 atom stereocenters. The van der Waals surface area contributed by atoms with E-state index in [1.54, 1.807) is 32.6 Å². The lowest BCUT2D eigenvalue weighted by Gasteiger charge is -2.29. The Bertz CT molecular complexity index is 1120. The maximum atomic E-state index is 13.1. The minimum Gasteiger partial charge on any atom is -0.300 e. The highest BCUT2D eigenvalue weighted by Gasteiger charge is 2.48. The van der Waals surface area contributed by atoms with Gasteiger partial charge in [0.25, 0.3) is 11.2 Å². The van der Waals surface area contributed by atoms with Crippen LogP contribution in [0, 0.1) is 10.1 Å². The second-order valence-electron chi connectivity index (χ2n) is 6.37. The topological polar surface area (TPSA) is 113 Å². The lowest BCUT2D eigenvalue weighted by molar-refractivity contribution is -0.384. The third kappa shape index (κ3) is 2.66. The quantitative estimate of drug-likeness (QED) is 0.587. The monoisotopic (exact) mass is 402 g/mol. The largest absolute Gasteiger partial charge is 0.323 e. The number of aromatic nitrogens is 1. The zero-order chi connectivity index (χ0) is 20.0. The maximum Gasteiger partial charge on any atom is 0.323 e. The molecule has 1 fully saturated rings. The number of nitrogens with zero attached hydrogens (tertiary/aromatic N) is 5. The van der Waals surface area contributed by atoms with Crippen LogP contribution in [0.3, 0.4) is 0 Å². The van der Waals surface area contributed by atoms with Crippen molar-refractivity contribution in [3.8, 4) is 0 Å². The highest BCUT2D eigenvalue weighted by atomic mass is 32.1. The number of carbonyl (C=O) groups is 1. The summed E-state index contributed by atoms with van der Waals surface area (Å²) < 4.78 is 2.01. The van der Waals surface area contributed by atoms with Crippen molar-refractivity contribution in [1.82, 2.24) is 19.8 Å². The van der Waals surface area contributed by atoms with Crippen molar-refractivity contribution in [3.63, 3.8) is 0 Å². The second-order valence-corrected chi connectivity index (χ2v) is 7.38. The van der Waals surface area contributed by atoms with Gasteiger partial charge in [-0.3, -0.25) is 34.7 Å². The number of thiazole rings is 1. The van der Waals surface area contributed by atoms with Crippen molar-refractivity contribution >= 4 is 29.1 Å². The average Bonchev–Trinajstić information content (AvgIpc) is 3.15. The summed E-state index contributed by atoms with van der Waals surface area (Å²) in [6, 6.07) is 5.85. The first-order valence-corrected chi connectivity index (χ1v) is 9.66. The zero-order valence-corrected chi connectivity index (χ0v) is 16.0. The molecule has 1 aromatic heterocycles. The second kappa shape index (κ2) is 6.75. The Morgan fingerprint density at radius 1 is 1.21 bits per heavy atom. The number of non-ortho nitro benzene ring substituents is 1. The van der Waals surface area contributed by atoms with Crippen molar-refractivity contribution < 1.29 is 9.72 Å². The molecular weight excluding hydrogens is 384 g/mol. The molecular formula is C17H18N6O4S.